The molecule has 0 heterocycles. The molecule has 3 nitrogen and oxygen atoms in total. The highest BCUT2D eigenvalue weighted by atomic mass is 19.4. The number of ether oxygens (including phenoxy) is 1. The minimum atomic E-state index is -4.82. The van der Waals surface area contributed by atoms with Gasteiger partial charge in [-0.1, -0.05) is 26.0 Å². The Morgan fingerprint density at radius 1 is 1.30 bits per heavy atom. The van der Waals surface area contributed by atoms with E-state index >= 15 is 0 Å². The maximum absolute atomic E-state index is 12.4. The Kier molecular flexibility index (Phi) is 5.42. The molecular formula is C14H17F3O3. The highest BCUT2D eigenvalue weighted by molar-refractivity contribution is 5.71. The van der Waals surface area contributed by atoms with E-state index in [1.807, 2.05) is 13.8 Å². The monoisotopic (exact) mass is 290 g/mol. The predicted octanol–water partition coefficient (Wildman–Crippen LogP) is 3.84. The van der Waals surface area contributed by atoms with E-state index in [4.69, 9.17) is 9.84 Å². The minimum absolute atomic E-state index is 0.229. The van der Waals surface area contributed by atoms with Crippen LogP contribution in [0, 0.1) is 5.92 Å². The molecule has 1 rings (SSSR count). The van der Waals surface area contributed by atoms with Crippen LogP contribution in [0.4, 0.5) is 13.2 Å². The van der Waals surface area contributed by atoms with E-state index < -0.39 is 24.7 Å². The molecular weight excluding hydrogens is 273 g/mol. The van der Waals surface area contributed by atoms with Gasteiger partial charge in [0, 0.05) is 0 Å². The SMILES string of the molecule is CCC(C)c1ccc(OCC(C(=O)O)C(F)(F)F)cc1. The molecule has 0 aliphatic carbocycles. The Hall–Kier alpha value is -1.72. The van der Waals surface area contributed by atoms with Crippen LogP contribution in [0.1, 0.15) is 31.7 Å². The van der Waals surface area contributed by atoms with Gasteiger partial charge in [0.2, 0.25) is 0 Å². The van der Waals surface area contributed by atoms with Crippen molar-refractivity contribution in [1.82, 2.24) is 0 Å². The summed E-state index contributed by atoms with van der Waals surface area (Å²) in [6.45, 7) is 3.15. The van der Waals surface area contributed by atoms with Crippen molar-refractivity contribution >= 4 is 5.97 Å². The van der Waals surface area contributed by atoms with Crippen LogP contribution < -0.4 is 4.74 Å². The van der Waals surface area contributed by atoms with E-state index in [0.29, 0.717) is 5.92 Å². The van der Waals surface area contributed by atoms with Crippen molar-refractivity contribution in [3.8, 4) is 5.75 Å². The topological polar surface area (TPSA) is 46.5 Å². The lowest BCUT2D eigenvalue weighted by Crippen LogP contribution is -2.35. The van der Waals surface area contributed by atoms with Gasteiger partial charge in [0.15, 0.2) is 5.92 Å². The van der Waals surface area contributed by atoms with Gasteiger partial charge in [-0.15, -0.1) is 0 Å². The van der Waals surface area contributed by atoms with Crippen molar-refractivity contribution in [1.29, 1.82) is 0 Å². The number of aliphatic carboxylic acids is 1. The zero-order valence-corrected chi connectivity index (χ0v) is 11.3. The minimum Gasteiger partial charge on any atom is -0.492 e. The smallest absolute Gasteiger partial charge is 0.405 e. The van der Waals surface area contributed by atoms with Crippen LogP contribution in [0.25, 0.3) is 0 Å². The number of carbonyl (C=O) groups is 1. The number of hydrogen-bond acceptors (Lipinski definition) is 2. The lowest BCUT2D eigenvalue weighted by molar-refractivity contribution is -0.198. The molecule has 0 saturated heterocycles. The Bertz CT molecular complexity index is 440. The van der Waals surface area contributed by atoms with E-state index in [2.05, 4.69) is 0 Å². The quantitative estimate of drug-likeness (QED) is 0.865. The summed E-state index contributed by atoms with van der Waals surface area (Å²) in [5, 5.41) is 8.54. The van der Waals surface area contributed by atoms with Crippen molar-refractivity contribution in [2.75, 3.05) is 6.61 Å². The summed E-state index contributed by atoms with van der Waals surface area (Å²) in [7, 11) is 0. The van der Waals surface area contributed by atoms with Crippen molar-refractivity contribution < 1.29 is 27.8 Å². The second kappa shape index (κ2) is 6.63. The number of alkyl halides is 3. The third-order valence-electron chi connectivity index (χ3n) is 3.17. The Morgan fingerprint density at radius 2 is 1.85 bits per heavy atom. The van der Waals surface area contributed by atoms with Crippen LogP contribution in [-0.4, -0.2) is 23.9 Å². The zero-order valence-electron chi connectivity index (χ0n) is 11.3. The van der Waals surface area contributed by atoms with Gasteiger partial charge in [0.05, 0.1) is 0 Å². The molecule has 20 heavy (non-hydrogen) atoms. The lowest BCUT2D eigenvalue weighted by Gasteiger charge is -2.17. The van der Waals surface area contributed by atoms with E-state index in [9.17, 15) is 18.0 Å². The molecule has 1 aromatic rings. The van der Waals surface area contributed by atoms with Gasteiger partial charge >= 0.3 is 12.1 Å². The summed E-state index contributed by atoms with van der Waals surface area (Å²) < 4.78 is 42.2. The van der Waals surface area contributed by atoms with Crippen LogP contribution in [0.15, 0.2) is 24.3 Å². The first-order valence-corrected chi connectivity index (χ1v) is 6.28. The number of rotatable bonds is 6. The molecule has 2 atom stereocenters. The fourth-order valence-corrected chi connectivity index (χ4v) is 1.61. The molecule has 2 unspecified atom stereocenters. The molecule has 0 aliphatic rings. The van der Waals surface area contributed by atoms with Crippen LogP contribution >= 0.6 is 0 Å². The Labute approximate surface area is 115 Å². The second-order valence-corrected chi connectivity index (χ2v) is 4.62. The number of benzene rings is 1. The van der Waals surface area contributed by atoms with Gasteiger partial charge in [0.25, 0.3) is 0 Å². The molecule has 1 aromatic carbocycles. The van der Waals surface area contributed by atoms with Gasteiger partial charge in [0.1, 0.15) is 12.4 Å². The normalized spacial score (nSPS) is 14.7. The van der Waals surface area contributed by atoms with Gasteiger partial charge in [-0.25, -0.2) is 0 Å². The number of carboxylic acids is 1. The summed E-state index contributed by atoms with van der Waals surface area (Å²) in [5.41, 5.74) is 1.06. The highest BCUT2D eigenvalue weighted by Crippen LogP contribution is 2.28. The van der Waals surface area contributed by atoms with Gasteiger partial charge in [-0.05, 0) is 30.0 Å². The Morgan fingerprint density at radius 3 is 2.25 bits per heavy atom. The lowest BCUT2D eigenvalue weighted by atomic mass is 9.99. The molecule has 0 aliphatic heterocycles. The van der Waals surface area contributed by atoms with Crippen molar-refractivity contribution in [3.63, 3.8) is 0 Å². The van der Waals surface area contributed by atoms with Crippen LogP contribution in [-0.2, 0) is 4.79 Å². The van der Waals surface area contributed by atoms with Crippen molar-refractivity contribution in [3.05, 3.63) is 29.8 Å². The van der Waals surface area contributed by atoms with E-state index in [-0.39, 0.29) is 5.75 Å². The van der Waals surface area contributed by atoms with E-state index in [0.717, 1.165) is 12.0 Å². The largest absolute Gasteiger partial charge is 0.492 e. The first-order chi connectivity index (χ1) is 9.25. The maximum atomic E-state index is 12.4. The number of hydrogen-bond donors (Lipinski definition) is 1. The number of halogens is 3. The fourth-order valence-electron chi connectivity index (χ4n) is 1.61. The molecule has 112 valence electrons. The van der Waals surface area contributed by atoms with E-state index in [1.54, 1.807) is 24.3 Å². The third kappa shape index (κ3) is 4.43. The van der Waals surface area contributed by atoms with Crippen LogP contribution in [0.3, 0.4) is 0 Å². The van der Waals surface area contributed by atoms with Gasteiger partial charge < -0.3 is 9.84 Å². The zero-order chi connectivity index (χ0) is 15.3. The molecule has 6 heteroatoms. The van der Waals surface area contributed by atoms with Crippen molar-refractivity contribution in [2.45, 2.75) is 32.4 Å². The van der Waals surface area contributed by atoms with Gasteiger partial charge in [-0.3, -0.25) is 4.79 Å². The maximum Gasteiger partial charge on any atom is 0.405 e. The van der Waals surface area contributed by atoms with Crippen LogP contribution in [0.5, 0.6) is 5.75 Å². The number of carboxylic acid groups (broad SMARTS) is 1. The Balaban J connectivity index is 2.67. The molecule has 0 radical (unpaired) electrons. The fraction of sp³-hybridized carbons (Fsp3) is 0.500. The molecule has 0 bridgehead atoms. The van der Waals surface area contributed by atoms with E-state index in [1.165, 1.54) is 0 Å². The summed E-state index contributed by atoms with van der Waals surface area (Å²) in [4.78, 5) is 10.5. The standard InChI is InChI=1S/C14H17F3O3/c1-3-9(2)10-4-6-11(7-5-10)20-8-12(13(18)19)14(15,16)17/h4-7,9,12H,3,8H2,1-2H3,(H,18,19). The summed E-state index contributed by atoms with van der Waals surface area (Å²) in [6, 6.07) is 6.65. The average Bonchev–Trinajstić information content (AvgIpc) is 2.36. The second-order valence-electron chi connectivity index (χ2n) is 4.62. The highest BCUT2D eigenvalue weighted by Gasteiger charge is 2.45. The molecule has 0 saturated carbocycles. The molecule has 0 amide bonds. The third-order valence-corrected chi connectivity index (χ3v) is 3.17. The molecule has 0 spiro atoms. The first kappa shape index (κ1) is 16.3. The summed E-state index contributed by atoms with van der Waals surface area (Å²) in [5.74, 6) is -3.87. The molecule has 0 aromatic heterocycles. The summed E-state index contributed by atoms with van der Waals surface area (Å²) >= 11 is 0. The summed E-state index contributed by atoms with van der Waals surface area (Å²) in [6.07, 6.45) is -3.86. The molecule has 0 fully saturated rings. The first-order valence-electron chi connectivity index (χ1n) is 6.28. The predicted molar refractivity (Wildman–Crippen MR) is 67.8 cm³/mol. The van der Waals surface area contributed by atoms with Crippen LogP contribution in [0.2, 0.25) is 0 Å². The molecule has 1 N–H and O–H groups in total. The van der Waals surface area contributed by atoms with Crippen molar-refractivity contribution in [2.24, 2.45) is 5.92 Å². The van der Waals surface area contributed by atoms with Gasteiger partial charge in [-0.2, -0.15) is 13.2 Å². The average molecular weight is 290 g/mol.